The summed E-state index contributed by atoms with van der Waals surface area (Å²) >= 11 is 0. The largest absolute Gasteiger partial charge is 0.329 e. The average Bonchev–Trinajstić information content (AvgIpc) is 3.25. The van der Waals surface area contributed by atoms with Crippen molar-refractivity contribution in [3.05, 3.63) is 35.5 Å². The maximum absolute atomic E-state index is 14.3. The van der Waals surface area contributed by atoms with Crippen LogP contribution in [0.3, 0.4) is 0 Å². The number of hydrogen-bond acceptors (Lipinski definition) is 6. The molecule has 166 valence electrons. The summed E-state index contributed by atoms with van der Waals surface area (Å²) in [5.74, 6) is -4.28. The van der Waals surface area contributed by atoms with Crippen molar-refractivity contribution in [2.75, 3.05) is 16.0 Å². The maximum atomic E-state index is 14.3. The van der Waals surface area contributed by atoms with Crippen LogP contribution in [-0.2, 0) is 21.1 Å². The van der Waals surface area contributed by atoms with Gasteiger partial charge in [0, 0.05) is 23.5 Å². The Balaban J connectivity index is 1.67. The number of nitrogens with one attached hydrogen (secondary N) is 1. The highest BCUT2D eigenvalue weighted by Crippen LogP contribution is 2.39. The molecule has 0 spiro atoms. The van der Waals surface area contributed by atoms with Crippen LogP contribution in [0.2, 0.25) is 0 Å². The van der Waals surface area contributed by atoms with Gasteiger partial charge in [-0.1, -0.05) is 19.8 Å². The molecule has 1 amide bonds. The number of hydrogen-bond donors (Lipinski definition) is 1. The third-order valence-corrected chi connectivity index (χ3v) is 7.62. The molecule has 31 heavy (non-hydrogen) atoms. The fourth-order valence-electron chi connectivity index (χ4n) is 4.14. The summed E-state index contributed by atoms with van der Waals surface area (Å²) in [4.78, 5) is 22.5. The number of benzene rings is 1. The highest BCUT2D eigenvalue weighted by atomic mass is 32.2. The first-order valence-corrected chi connectivity index (χ1v) is 12.0. The minimum Gasteiger partial charge on any atom is -0.324 e. The molecule has 2 heterocycles. The van der Waals surface area contributed by atoms with Crippen LogP contribution in [0.4, 0.5) is 26.2 Å². The minimum atomic E-state index is -3.47. The number of carbonyl (C=O) groups is 1. The second-order valence-electron chi connectivity index (χ2n) is 8.04. The first-order valence-electron chi connectivity index (χ1n) is 10.3. The number of alkyl halides is 2. The van der Waals surface area contributed by atoms with Gasteiger partial charge in [-0.05, 0) is 43.5 Å². The highest BCUT2D eigenvalue weighted by Gasteiger charge is 2.50. The predicted octanol–water partition coefficient (Wildman–Crippen LogP) is 3.79. The number of carbonyl (C=O) groups excluding carboxylic acids is 1. The van der Waals surface area contributed by atoms with Crippen LogP contribution in [0.1, 0.15) is 43.7 Å². The van der Waals surface area contributed by atoms with Crippen molar-refractivity contribution in [2.24, 2.45) is 0 Å². The SMILES string of the molecule is CCS(=O)(=O)c1ccc(Nc2ncc3c(n2)N(C2CCCC2)C(=O)C(F)(F)C3)c(C)c1. The normalized spacial score (nSPS) is 18.8. The van der Waals surface area contributed by atoms with E-state index in [4.69, 9.17) is 0 Å². The van der Waals surface area contributed by atoms with Gasteiger partial charge in [0.1, 0.15) is 5.82 Å². The van der Waals surface area contributed by atoms with E-state index in [1.807, 2.05) is 0 Å². The Kier molecular flexibility index (Phi) is 5.45. The van der Waals surface area contributed by atoms with Crippen molar-refractivity contribution in [3.8, 4) is 0 Å². The van der Waals surface area contributed by atoms with E-state index in [2.05, 4.69) is 15.3 Å². The molecular formula is C21H24F2N4O3S. The molecule has 4 rings (SSSR count). The molecule has 1 N–H and O–H groups in total. The fraction of sp³-hybridized carbons (Fsp3) is 0.476. The molecule has 0 unspecified atom stereocenters. The monoisotopic (exact) mass is 450 g/mol. The Morgan fingerprint density at radius 3 is 2.61 bits per heavy atom. The zero-order valence-corrected chi connectivity index (χ0v) is 18.2. The number of aromatic nitrogens is 2. The fourth-order valence-corrected chi connectivity index (χ4v) is 5.10. The van der Waals surface area contributed by atoms with Crippen molar-refractivity contribution >= 4 is 33.2 Å². The summed E-state index contributed by atoms with van der Waals surface area (Å²) in [6, 6.07) is 4.39. The van der Waals surface area contributed by atoms with Crippen molar-refractivity contribution in [1.82, 2.24) is 9.97 Å². The van der Waals surface area contributed by atoms with Gasteiger partial charge in [0.2, 0.25) is 5.95 Å². The molecule has 2 aliphatic rings. The lowest BCUT2D eigenvalue weighted by Crippen LogP contribution is -2.53. The van der Waals surface area contributed by atoms with Crippen LogP contribution < -0.4 is 10.2 Å². The van der Waals surface area contributed by atoms with Crippen LogP contribution in [-0.4, -0.2) is 42.0 Å². The number of anilines is 3. The van der Waals surface area contributed by atoms with Gasteiger partial charge in [-0.2, -0.15) is 13.8 Å². The van der Waals surface area contributed by atoms with Gasteiger partial charge in [0.25, 0.3) is 5.91 Å². The lowest BCUT2D eigenvalue weighted by molar-refractivity contribution is -0.144. The lowest BCUT2D eigenvalue weighted by atomic mass is 10.0. The van der Waals surface area contributed by atoms with E-state index < -0.39 is 28.1 Å². The summed E-state index contributed by atoms with van der Waals surface area (Å²) in [5, 5.41) is 3.02. The molecule has 0 saturated heterocycles. The summed E-state index contributed by atoms with van der Waals surface area (Å²) in [7, 11) is -3.33. The molecule has 1 aliphatic carbocycles. The van der Waals surface area contributed by atoms with Crippen LogP contribution >= 0.6 is 0 Å². The number of aryl methyl sites for hydroxylation is 1. The number of fused-ring (bicyclic) bond motifs is 1. The number of amides is 1. The molecule has 0 radical (unpaired) electrons. The van der Waals surface area contributed by atoms with Crippen LogP contribution in [0, 0.1) is 6.92 Å². The molecule has 7 nitrogen and oxygen atoms in total. The number of sulfone groups is 1. The van der Waals surface area contributed by atoms with Crippen LogP contribution in [0.15, 0.2) is 29.3 Å². The van der Waals surface area contributed by atoms with E-state index in [1.165, 1.54) is 12.3 Å². The molecule has 2 aromatic rings. The number of rotatable bonds is 5. The third-order valence-electron chi connectivity index (χ3n) is 5.89. The zero-order valence-electron chi connectivity index (χ0n) is 17.4. The molecule has 0 atom stereocenters. The Morgan fingerprint density at radius 1 is 1.26 bits per heavy atom. The van der Waals surface area contributed by atoms with Gasteiger partial charge >= 0.3 is 5.92 Å². The summed E-state index contributed by atoms with van der Waals surface area (Å²) < 4.78 is 52.8. The zero-order chi connectivity index (χ0) is 22.4. The van der Waals surface area contributed by atoms with Gasteiger partial charge < -0.3 is 5.32 Å². The molecule has 10 heteroatoms. The van der Waals surface area contributed by atoms with Gasteiger partial charge in [0.15, 0.2) is 9.84 Å². The Morgan fingerprint density at radius 2 is 1.97 bits per heavy atom. The molecule has 1 aromatic heterocycles. The molecular weight excluding hydrogens is 426 g/mol. The van der Waals surface area contributed by atoms with E-state index in [0.29, 0.717) is 24.1 Å². The highest BCUT2D eigenvalue weighted by molar-refractivity contribution is 7.91. The summed E-state index contributed by atoms with van der Waals surface area (Å²) in [6.45, 7) is 3.34. The van der Waals surface area contributed by atoms with Crippen LogP contribution in [0.25, 0.3) is 0 Å². The number of halogens is 2. The third kappa shape index (κ3) is 4.00. The van der Waals surface area contributed by atoms with E-state index in [0.717, 1.165) is 17.7 Å². The van der Waals surface area contributed by atoms with E-state index in [1.54, 1.807) is 26.0 Å². The number of nitrogens with zero attached hydrogens (tertiary/aromatic N) is 3. The quantitative estimate of drug-likeness (QED) is 0.745. The molecule has 1 fully saturated rings. The lowest BCUT2D eigenvalue weighted by Gasteiger charge is -2.36. The smallest absolute Gasteiger partial charge is 0.324 e. The molecule has 1 saturated carbocycles. The molecule has 0 bridgehead atoms. The Labute approximate surface area is 179 Å². The van der Waals surface area contributed by atoms with Crippen molar-refractivity contribution in [3.63, 3.8) is 0 Å². The van der Waals surface area contributed by atoms with Crippen molar-refractivity contribution in [1.29, 1.82) is 0 Å². The van der Waals surface area contributed by atoms with E-state index in [9.17, 15) is 22.0 Å². The van der Waals surface area contributed by atoms with Gasteiger partial charge in [0.05, 0.1) is 17.1 Å². The van der Waals surface area contributed by atoms with E-state index >= 15 is 0 Å². The first kappa shape index (κ1) is 21.6. The van der Waals surface area contributed by atoms with Gasteiger partial charge in [-0.15, -0.1) is 0 Å². The average molecular weight is 451 g/mol. The first-order chi connectivity index (χ1) is 14.6. The Bertz CT molecular complexity index is 1130. The second-order valence-corrected chi connectivity index (χ2v) is 10.3. The Hall–Kier alpha value is -2.62. The van der Waals surface area contributed by atoms with E-state index in [-0.39, 0.29) is 34.0 Å². The maximum Gasteiger partial charge on any atom is 0.329 e. The van der Waals surface area contributed by atoms with Gasteiger partial charge in [-0.25, -0.2) is 13.4 Å². The van der Waals surface area contributed by atoms with Crippen molar-refractivity contribution < 1.29 is 22.0 Å². The minimum absolute atomic E-state index is 0.00279. The second kappa shape index (κ2) is 7.81. The standard InChI is InChI=1S/C21H24F2N4O3S/c1-3-31(29,30)16-8-9-17(13(2)10-16)25-20-24-12-14-11-21(22,23)19(28)27(18(14)26-20)15-6-4-5-7-15/h8-10,12,15H,3-7,11H2,1-2H3,(H,24,25,26). The van der Waals surface area contributed by atoms with Crippen LogP contribution in [0.5, 0.6) is 0 Å². The predicted molar refractivity (Wildman–Crippen MR) is 113 cm³/mol. The summed E-state index contributed by atoms with van der Waals surface area (Å²) in [5.41, 5.74) is 1.50. The molecule has 1 aliphatic heterocycles. The van der Waals surface area contributed by atoms with Gasteiger partial charge in [-0.3, -0.25) is 9.69 Å². The topological polar surface area (TPSA) is 92.3 Å². The molecule has 1 aromatic carbocycles. The summed E-state index contributed by atoms with van der Waals surface area (Å²) in [6.07, 6.45) is 3.72. The van der Waals surface area contributed by atoms with Crippen molar-refractivity contribution in [2.45, 2.75) is 62.8 Å².